The molecule has 0 saturated carbocycles. The number of hydrogen-bond acceptors (Lipinski definition) is 3. The summed E-state index contributed by atoms with van der Waals surface area (Å²) in [5.74, 6) is 2.29. The molecule has 3 N–H and O–H groups in total. The number of amides is 2. The first kappa shape index (κ1) is 17.9. The number of aliphatic hydroxyl groups is 1. The van der Waals surface area contributed by atoms with Crippen LogP contribution in [0.1, 0.15) is 32.8 Å². The summed E-state index contributed by atoms with van der Waals surface area (Å²) in [7, 11) is 0. The minimum Gasteiger partial charge on any atom is -0.393 e. The lowest BCUT2D eigenvalue weighted by atomic mass is 10.1. The second kappa shape index (κ2) is 9.68. The Balaban J connectivity index is 2.40. The Morgan fingerprint density at radius 3 is 2.81 bits per heavy atom. The highest BCUT2D eigenvalue weighted by Gasteiger charge is 2.08. The van der Waals surface area contributed by atoms with Crippen molar-refractivity contribution >= 4 is 23.5 Å². The van der Waals surface area contributed by atoms with Crippen molar-refractivity contribution in [1.29, 1.82) is 0 Å². The number of anilines is 1. The van der Waals surface area contributed by atoms with Gasteiger partial charge < -0.3 is 15.7 Å². The molecule has 5 heteroatoms. The Morgan fingerprint density at radius 1 is 1.38 bits per heavy atom. The van der Waals surface area contributed by atoms with Crippen LogP contribution in [0.3, 0.4) is 0 Å². The molecule has 2 amide bonds. The van der Waals surface area contributed by atoms with Gasteiger partial charge in [0.25, 0.3) is 0 Å². The van der Waals surface area contributed by atoms with Crippen molar-refractivity contribution in [2.24, 2.45) is 5.92 Å². The summed E-state index contributed by atoms with van der Waals surface area (Å²) in [5, 5.41) is 15.0. The average molecular weight is 310 g/mol. The molecule has 0 aromatic heterocycles. The van der Waals surface area contributed by atoms with Crippen LogP contribution in [0.4, 0.5) is 10.5 Å². The summed E-state index contributed by atoms with van der Waals surface area (Å²) in [6.45, 7) is 6.46. The Hall–Kier alpha value is -1.20. The van der Waals surface area contributed by atoms with Gasteiger partial charge in [0.1, 0.15) is 0 Å². The van der Waals surface area contributed by atoms with Gasteiger partial charge in [-0.05, 0) is 42.7 Å². The van der Waals surface area contributed by atoms with E-state index in [1.165, 1.54) is 5.56 Å². The topological polar surface area (TPSA) is 61.4 Å². The van der Waals surface area contributed by atoms with Crippen molar-refractivity contribution in [2.45, 2.75) is 39.0 Å². The summed E-state index contributed by atoms with van der Waals surface area (Å²) in [6.07, 6.45) is 0.349. The standard InChI is InChI=1S/C16H26N2O2S/c1-4-21-11-14-6-5-7-15(9-14)18-16(20)17-10-12(2)8-13(3)19/h5-7,9,12-13,19H,4,8,10-11H2,1-3H3,(H2,17,18,20). The zero-order valence-corrected chi connectivity index (χ0v) is 13.9. The summed E-state index contributed by atoms with van der Waals surface area (Å²) in [4.78, 5) is 11.8. The molecular formula is C16H26N2O2S. The predicted molar refractivity (Wildman–Crippen MR) is 90.8 cm³/mol. The molecule has 0 aliphatic heterocycles. The van der Waals surface area contributed by atoms with Crippen molar-refractivity contribution in [3.63, 3.8) is 0 Å². The van der Waals surface area contributed by atoms with E-state index in [9.17, 15) is 9.90 Å². The van der Waals surface area contributed by atoms with Crippen LogP contribution in [0.5, 0.6) is 0 Å². The van der Waals surface area contributed by atoms with Crippen LogP contribution in [-0.2, 0) is 5.75 Å². The van der Waals surface area contributed by atoms with Crippen molar-refractivity contribution in [2.75, 3.05) is 17.6 Å². The van der Waals surface area contributed by atoms with E-state index in [1.807, 2.05) is 36.9 Å². The maximum Gasteiger partial charge on any atom is 0.319 e. The largest absolute Gasteiger partial charge is 0.393 e. The lowest BCUT2D eigenvalue weighted by Gasteiger charge is -2.15. The number of urea groups is 1. The average Bonchev–Trinajstić information content (AvgIpc) is 2.42. The van der Waals surface area contributed by atoms with Gasteiger partial charge in [-0.1, -0.05) is 26.0 Å². The van der Waals surface area contributed by atoms with Crippen molar-refractivity contribution in [1.82, 2.24) is 5.32 Å². The number of benzene rings is 1. The Labute approximate surface area is 131 Å². The first-order valence-electron chi connectivity index (χ1n) is 7.40. The fourth-order valence-corrected chi connectivity index (χ4v) is 2.69. The molecule has 0 radical (unpaired) electrons. The predicted octanol–water partition coefficient (Wildman–Crippen LogP) is 3.47. The fourth-order valence-electron chi connectivity index (χ4n) is 2.07. The van der Waals surface area contributed by atoms with Crippen LogP contribution < -0.4 is 10.6 Å². The van der Waals surface area contributed by atoms with E-state index in [0.717, 1.165) is 17.2 Å². The fraction of sp³-hybridized carbons (Fsp3) is 0.562. The van der Waals surface area contributed by atoms with Gasteiger partial charge in [0.05, 0.1) is 6.10 Å². The minimum absolute atomic E-state index is 0.201. The molecule has 0 aliphatic rings. The van der Waals surface area contributed by atoms with E-state index in [0.29, 0.717) is 13.0 Å². The zero-order chi connectivity index (χ0) is 15.7. The molecule has 0 bridgehead atoms. The minimum atomic E-state index is -0.336. The molecular weight excluding hydrogens is 284 g/mol. The lowest BCUT2D eigenvalue weighted by molar-refractivity contribution is 0.163. The molecule has 0 saturated heterocycles. The summed E-state index contributed by atoms with van der Waals surface area (Å²) in [5.41, 5.74) is 2.02. The highest BCUT2D eigenvalue weighted by atomic mass is 32.2. The molecule has 1 aromatic rings. The Kier molecular flexibility index (Phi) is 8.23. The summed E-state index contributed by atoms with van der Waals surface area (Å²) >= 11 is 1.86. The molecule has 21 heavy (non-hydrogen) atoms. The van der Waals surface area contributed by atoms with Crippen LogP contribution in [-0.4, -0.2) is 29.5 Å². The van der Waals surface area contributed by atoms with Crippen molar-refractivity contribution in [3.8, 4) is 0 Å². The van der Waals surface area contributed by atoms with Crippen molar-refractivity contribution in [3.05, 3.63) is 29.8 Å². The molecule has 0 spiro atoms. The highest BCUT2D eigenvalue weighted by molar-refractivity contribution is 7.98. The number of hydrogen-bond donors (Lipinski definition) is 3. The van der Waals surface area contributed by atoms with Crippen LogP contribution >= 0.6 is 11.8 Å². The van der Waals surface area contributed by atoms with Gasteiger partial charge in [-0.3, -0.25) is 0 Å². The van der Waals surface area contributed by atoms with E-state index >= 15 is 0 Å². The lowest BCUT2D eigenvalue weighted by Crippen LogP contribution is -2.33. The summed E-state index contributed by atoms with van der Waals surface area (Å²) < 4.78 is 0. The zero-order valence-electron chi connectivity index (χ0n) is 13.1. The first-order chi connectivity index (χ1) is 10.0. The van der Waals surface area contributed by atoms with E-state index in [1.54, 1.807) is 6.92 Å². The molecule has 1 rings (SSSR count). The molecule has 2 atom stereocenters. The number of thioether (sulfide) groups is 1. The maximum atomic E-state index is 11.8. The Morgan fingerprint density at radius 2 is 2.14 bits per heavy atom. The third kappa shape index (κ3) is 7.97. The van der Waals surface area contributed by atoms with E-state index in [2.05, 4.69) is 23.6 Å². The quantitative estimate of drug-likeness (QED) is 0.689. The normalized spacial score (nSPS) is 13.5. The van der Waals surface area contributed by atoms with Crippen molar-refractivity contribution < 1.29 is 9.90 Å². The number of carbonyl (C=O) groups excluding carboxylic acids is 1. The smallest absolute Gasteiger partial charge is 0.319 e. The van der Waals surface area contributed by atoms with Crippen LogP contribution in [0.15, 0.2) is 24.3 Å². The molecule has 118 valence electrons. The molecule has 0 heterocycles. The second-order valence-electron chi connectivity index (χ2n) is 5.36. The molecule has 0 aliphatic carbocycles. The van der Waals surface area contributed by atoms with Crippen LogP contribution in [0, 0.1) is 5.92 Å². The van der Waals surface area contributed by atoms with Gasteiger partial charge in [-0.25, -0.2) is 4.79 Å². The van der Waals surface area contributed by atoms with Crippen LogP contribution in [0.2, 0.25) is 0 Å². The van der Waals surface area contributed by atoms with Gasteiger partial charge in [0.2, 0.25) is 0 Å². The molecule has 4 nitrogen and oxygen atoms in total. The Bertz CT molecular complexity index is 438. The molecule has 2 unspecified atom stereocenters. The van der Waals surface area contributed by atoms with Gasteiger partial charge in [-0.15, -0.1) is 0 Å². The molecule has 1 aromatic carbocycles. The maximum absolute atomic E-state index is 11.8. The van der Waals surface area contributed by atoms with E-state index < -0.39 is 0 Å². The van der Waals surface area contributed by atoms with Gasteiger partial charge in [-0.2, -0.15) is 11.8 Å². The third-order valence-corrected chi connectivity index (χ3v) is 3.96. The van der Waals surface area contributed by atoms with E-state index in [-0.39, 0.29) is 18.1 Å². The molecule has 0 fully saturated rings. The van der Waals surface area contributed by atoms with Gasteiger partial charge >= 0.3 is 6.03 Å². The number of aliphatic hydroxyl groups excluding tert-OH is 1. The second-order valence-corrected chi connectivity index (χ2v) is 6.64. The monoisotopic (exact) mass is 310 g/mol. The van der Waals surface area contributed by atoms with Gasteiger partial charge in [0, 0.05) is 18.0 Å². The number of carbonyl (C=O) groups is 1. The highest BCUT2D eigenvalue weighted by Crippen LogP contribution is 2.16. The van der Waals surface area contributed by atoms with Crippen LogP contribution in [0.25, 0.3) is 0 Å². The summed E-state index contributed by atoms with van der Waals surface area (Å²) in [6, 6.07) is 7.71. The van der Waals surface area contributed by atoms with Gasteiger partial charge in [0.15, 0.2) is 0 Å². The van der Waals surface area contributed by atoms with E-state index in [4.69, 9.17) is 0 Å². The third-order valence-electron chi connectivity index (χ3n) is 3.01. The SMILES string of the molecule is CCSCc1cccc(NC(=O)NCC(C)CC(C)O)c1. The number of nitrogens with one attached hydrogen (secondary N) is 2. The number of rotatable bonds is 8. The first-order valence-corrected chi connectivity index (χ1v) is 8.56.